The van der Waals surface area contributed by atoms with Crippen LogP contribution < -0.4 is 4.90 Å². The molecule has 1 amide bonds. The molecule has 2 atom stereocenters. The lowest BCUT2D eigenvalue weighted by atomic mass is 9.95. The minimum atomic E-state index is -0.342. The van der Waals surface area contributed by atoms with Crippen LogP contribution in [-0.2, 0) is 23.0 Å². The molecular weight excluding hydrogens is 318 g/mol. The number of methoxy groups -OCH3 is 1. The summed E-state index contributed by atoms with van der Waals surface area (Å²) in [6.07, 6.45) is 6.35. The van der Waals surface area contributed by atoms with E-state index in [1.54, 1.807) is 10.7 Å². The second-order valence-electron chi connectivity index (χ2n) is 6.78. The van der Waals surface area contributed by atoms with Crippen molar-refractivity contribution < 1.29 is 14.3 Å². The zero-order valence-corrected chi connectivity index (χ0v) is 14.4. The van der Waals surface area contributed by atoms with Gasteiger partial charge in [0.05, 0.1) is 18.9 Å². The van der Waals surface area contributed by atoms with E-state index in [-0.39, 0.29) is 23.7 Å². The Balaban J connectivity index is 1.59. The quantitative estimate of drug-likeness (QED) is 0.805. The Hall–Kier alpha value is -2.63. The molecule has 0 unspecified atom stereocenters. The number of aromatic nitrogens is 2. The van der Waals surface area contributed by atoms with Crippen LogP contribution in [0, 0.1) is 5.92 Å². The average Bonchev–Trinajstić information content (AvgIpc) is 3.33. The van der Waals surface area contributed by atoms with Gasteiger partial charge in [0, 0.05) is 31.4 Å². The molecule has 1 aromatic carbocycles. The maximum absolute atomic E-state index is 13.0. The molecule has 2 aromatic rings. The van der Waals surface area contributed by atoms with Crippen LogP contribution in [0.15, 0.2) is 30.6 Å². The summed E-state index contributed by atoms with van der Waals surface area (Å²) in [5.74, 6) is 0.0786. The molecule has 0 radical (unpaired) electrons. The molecule has 1 fully saturated rings. The zero-order valence-electron chi connectivity index (χ0n) is 14.4. The third-order valence-electron chi connectivity index (χ3n) is 5.18. The van der Waals surface area contributed by atoms with Gasteiger partial charge in [0.1, 0.15) is 0 Å². The molecule has 0 bridgehead atoms. The molecule has 0 N–H and O–H groups in total. The first kappa shape index (κ1) is 15.9. The summed E-state index contributed by atoms with van der Waals surface area (Å²) in [5.41, 5.74) is 3.47. The third-order valence-corrected chi connectivity index (χ3v) is 5.18. The summed E-state index contributed by atoms with van der Waals surface area (Å²) in [5, 5.41) is 4.20. The Kier molecular flexibility index (Phi) is 3.82. The van der Waals surface area contributed by atoms with Gasteiger partial charge in [0.2, 0.25) is 5.91 Å². The second-order valence-corrected chi connectivity index (χ2v) is 6.78. The van der Waals surface area contributed by atoms with Gasteiger partial charge in [-0.15, -0.1) is 0 Å². The Morgan fingerprint density at radius 1 is 1.32 bits per heavy atom. The van der Waals surface area contributed by atoms with Gasteiger partial charge in [-0.25, -0.2) is 4.79 Å². The highest BCUT2D eigenvalue weighted by Crippen LogP contribution is 2.49. The number of nitrogens with zero attached hydrogens (tertiary/aromatic N) is 3. The first-order valence-electron chi connectivity index (χ1n) is 8.60. The van der Waals surface area contributed by atoms with Crippen LogP contribution in [0.3, 0.4) is 0 Å². The summed E-state index contributed by atoms with van der Waals surface area (Å²) in [4.78, 5) is 26.9. The number of carbonyl (C=O) groups is 2. The fourth-order valence-corrected chi connectivity index (χ4v) is 3.82. The fourth-order valence-electron chi connectivity index (χ4n) is 3.82. The van der Waals surface area contributed by atoms with E-state index < -0.39 is 0 Å². The van der Waals surface area contributed by atoms with Crippen molar-refractivity contribution in [3.05, 3.63) is 47.3 Å². The highest BCUT2D eigenvalue weighted by molar-refractivity contribution is 6.01. The first-order valence-corrected chi connectivity index (χ1v) is 8.60. The van der Waals surface area contributed by atoms with Crippen LogP contribution in [0.2, 0.25) is 0 Å². The molecule has 6 nitrogen and oxygen atoms in total. The van der Waals surface area contributed by atoms with E-state index in [4.69, 9.17) is 4.74 Å². The molecule has 25 heavy (non-hydrogen) atoms. The van der Waals surface area contributed by atoms with Gasteiger partial charge >= 0.3 is 5.97 Å². The summed E-state index contributed by atoms with van der Waals surface area (Å²) in [7, 11) is 3.27. The zero-order chi connectivity index (χ0) is 17.6. The molecule has 130 valence electrons. The van der Waals surface area contributed by atoms with Crippen molar-refractivity contribution >= 4 is 17.6 Å². The van der Waals surface area contributed by atoms with Gasteiger partial charge in [-0.2, -0.15) is 5.10 Å². The van der Waals surface area contributed by atoms with Gasteiger partial charge in [-0.05, 0) is 48.4 Å². The van der Waals surface area contributed by atoms with Crippen molar-refractivity contribution in [2.24, 2.45) is 13.0 Å². The Bertz CT molecular complexity index is 842. The second kappa shape index (κ2) is 6.02. The Labute approximate surface area is 146 Å². The number of esters is 1. The summed E-state index contributed by atoms with van der Waals surface area (Å²) < 4.78 is 6.66. The normalized spacial score (nSPS) is 21.6. The van der Waals surface area contributed by atoms with E-state index in [1.807, 2.05) is 36.5 Å². The topological polar surface area (TPSA) is 64.4 Å². The summed E-state index contributed by atoms with van der Waals surface area (Å²) >= 11 is 0. The van der Waals surface area contributed by atoms with Crippen LogP contribution in [0.5, 0.6) is 0 Å². The molecule has 1 aliphatic carbocycles. The molecule has 1 aliphatic heterocycles. The number of anilines is 1. The van der Waals surface area contributed by atoms with Crippen LogP contribution in [0.25, 0.3) is 0 Å². The molecule has 0 spiro atoms. The predicted octanol–water partition coefficient (Wildman–Crippen LogP) is 2.29. The Morgan fingerprint density at radius 2 is 2.16 bits per heavy atom. The fraction of sp³-hybridized carbons (Fsp3) is 0.421. The molecule has 0 saturated heterocycles. The molecule has 2 aliphatic rings. The molecule has 1 aromatic heterocycles. The van der Waals surface area contributed by atoms with Crippen molar-refractivity contribution in [2.75, 3.05) is 18.6 Å². The van der Waals surface area contributed by atoms with E-state index in [0.717, 1.165) is 36.1 Å². The van der Waals surface area contributed by atoms with Gasteiger partial charge in [0.25, 0.3) is 0 Å². The number of carbonyl (C=O) groups excluding carboxylic acids is 2. The predicted molar refractivity (Wildman–Crippen MR) is 92.5 cm³/mol. The SMILES string of the molecule is COC(=O)c1cccc2c1CCCN2C(=O)[C@H]1C[C@H]1c1cnn(C)c1. The maximum Gasteiger partial charge on any atom is 0.338 e. The largest absolute Gasteiger partial charge is 0.465 e. The number of fused-ring (bicyclic) bond motifs is 1. The number of ether oxygens (including phenoxy) is 1. The van der Waals surface area contributed by atoms with Crippen LogP contribution in [-0.4, -0.2) is 35.3 Å². The lowest BCUT2D eigenvalue weighted by Gasteiger charge is -2.30. The van der Waals surface area contributed by atoms with Crippen LogP contribution >= 0.6 is 0 Å². The number of hydrogen-bond acceptors (Lipinski definition) is 4. The number of amides is 1. The number of rotatable bonds is 3. The van der Waals surface area contributed by atoms with E-state index in [0.29, 0.717) is 12.1 Å². The number of benzene rings is 1. The first-order chi connectivity index (χ1) is 12.1. The van der Waals surface area contributed by atoms with Gasteiger partial charge in [0.15, 0.2) is 0 Å². The summed E-state index contributed by atoms with van der Waals surface area (Å²) in [6, 6.07) is 5.52. The average molecular weight is 339 g/mol. The van der Waals surface area contributed by atoms with Crippen LogP contribution in [0.1, 0.15) is 40.2 Å². The number of aryl methyl sites for hydroxylation is 1. The lowest BCUT2D eigenvalue weighted by molar-refractivity contribution is -0.120. The molecule has 4 rings (SSSR count). The van der Waals surface area contributed by atoms with Crippen molar-refractivity contribution in [1.82, 2.24) is 9.78 Å². The molecule has 1 saturated carbocycles. The van der Waals surface area contributed by atoms with Gasteiger partial charge < -0.3 is 9.64 Å². The minimum absolute atomic E-state index is 0.0110. The highest BCUT2D eigenvalue weighted by Gasteiger charge is 2.47. The Morgan fingerprint density at radius 3 is 2.88 bits per heavy atom. The van der Waals surface area contributed by atoms with E-state index >= 15 is 0 Å². The van der Waals surface area contributed by atoms with Crippen molar-refractivity contribution in [3.63, 3.8) is 0 Å². The summed E-state index contributed by atoms with van der Waals surface area (Å²) in [6.45, 7) is 0.701. The van der Waals surface area contributed by atoms with Crippen molar-refractivity contribution in [2.45, 2.75) is 25.2 Å². The molecule has 2 heterocycles. The molecular formula is C19H21N3O3. The maximum atomic E-state index is 13.0. The van der Waals surface area contributed by atoms with Gasteiger partial charge in [-0.1, -0.05) is 6.07 Å². The van der Waals surface area contributed by atoms with E-state index in [2.05, 4.69) is 5.10 Å². The van der Waals surface area contributed by atoms with E-state index in [9.17, 15) is 9.59 Å². The smallest absolute Gasteiger partial charge is 0.338 e. The standard InChI is InChI=1S/C19H21N3O3/c1-21-11-12(10-20-21)15-9-16(15)18(23)22-8-4-6-13-14(19(24)25-2)5-3-7-17(13)22/h3,5,7,10-11,15-16H,4,6,8-9H2,1-2H3/t15-,16-/m0/s1. The van der Waals surface area contributed by atoms with Crippen LogP contribution in [0.4, 0.5) is 5.69 Å². The third kappa shape index (κ3) is 2.71. The highest BCUT2D eigenvalue weighted by atomic mass is 16.5. The lowest BCUT2D eigenvalue weighted by Crippen LogP contribution is -2.37. The van der Waals surface area contributed by atoms with Crippen molar-refractivity contribution in [1.29, 1.82) is 0 Å². The van der Waals surface area contributed by atoms with Gasteiger partial charge in [-0.3, -0.25) is 9.48 Å². The molecule has 6 heteroatoms. The number of hydrogen-bond donors (Lipinski definition) is 0. The minimum Gasteiger partial charge on any atom is -0.465 e. The van der Waals surface area contributed by atoms with E-state index in [1.165, 1.54) is 7.11 Å². The monoisotopic (exact) mass is 339 g/mol. The van der Waals surface area contributed by atoms with Crippen molar-refractivity contribution in [3.8, 4) is 0 Å².